The van der Waals surface area contributed by atoms with Crippen LogP contribution in [0.2, 0.25) is 0 Å². The normalized spacial score (nSPS) is 16.8. The number of anilines is 1. The number of benzene rings is 1. The first-order chi connectivity index (χ1) is 11.5. The van der Waals surface area contributed by atoms with Crippen molar-refractivity contribution >= 4 is 11.6 Å². The predicted octanol–water partition coefficient (Wildman–Crippen LogP) is 4.11. The Labute approximate surface area is 146 Å². The zero-order valence-corrected chi connectivity index (χ0v) is 15.3. The van der Waals surface area contributed by atoms with Crippen LogP contribution in [0.4, 0.5) is 5.69 Å². The minimum Gasteiger partial charge on any atom is -0.376 e. The highest BCUT2D eigenvalue weighted by Gasteiger charge is 2.14. The van der Waals surface area contributed by atoms with E-state index in [1.807, 2.05) is 19.1 Å². The zero-order chi connectivity index (χ0) is 17.4. The van der Waals surface area contributed by atoms with Crippen molar-refractivity contribution in [1.29, 1.82) is 0 Å². The smallest absolute Gasteiger partial charge is 0.239 e. The van der Waals surface area contributed by atoms with Crippen molar-refractivity contribution in [2.75, 3.05) is 11.9 Å². The number of ether oxygens (including phenoxy) is 1. The largest absolute Gasteiger partial charge is 0.376 e. The van der Waals surface area contributed by atoms with Gasteiger partial charge in [-0.1, -0.05) is 45.2 Å². The van der Waals surface area contributed by atoms with E-state index in [2.05, 4.69) is 36.6 Å². The summed E-state index contributed by atoms with van der Waals surface area (Å²) in [5.41, 5.74) is 2.12. The minimum atomic E-state index is 0.0278. The third-order valence-electron chi connectivity index (χ3n) is 4.81. The number of carbonyl (C=O) groups excluding carboxylic acids is 1. The summed E-state index contributed by atoms with van der Waals surface area (Å²) in [4.78, 5) is 12.0. The Morgan fingerprint density at radius 1 is 1.21 bits per heavy atom. The molecule has 4 heteroatoms. The van der Waals surface area contributed by atoms with Gasteiger partial charge >= 0.3 is 0 Å². The lowest BCUT2D eigenvalue weighted by atomic mass is 9.98. The maximum absolute atomic E-state index is 12.0. The molecule has 1 unspecified atom stereocenters. The predicted molar refractivity (Wildman–Crippen MR) is 99.0 cm³/mol. The molecule has 2 rings (SSSR count). The van der Waals surface area contributed by atoms with Gasteiger partial charge in [0.15, 0.2) is 0 Å². The van der Waals surface area contributed by atoms with Gasteiger partial charge in [-0.3, -0.25) is 4.79 Å². The van der Waals surface area contributed by atoms with Gasteiger partial charge in [0.25, 0.3) is 0 Å². The Morgan fingerprint density at radius 3 is 2.67 bits per heavy atom. The molecule has 1 fully saturated rings. The van der Waals surface area contributed by atoms with E-state index >= 15 is 0 Å². The van der Waals surface area contributed by atoms with Gasteiger partial charge in [-0.25, -0.2) is 0 Å². The van der Waals surface area contributed by atoms with Gasteiger partial charge in [0, 0.05) is 11.7 Å². The number of carbonyl (C=O) groups is 1. The van der Waals surface area contributed by atoms with Gasteiger partial charge in [-0.2, -0.15) is 0 Å². The number of hydrogen-bond donors (Lipinski definition) is 2. The summed E-state index contributed by atoms with van der Waals surface area (Å²) < 4.78 is 6.02. The molecule has 4 nitrogen and oxygen atoms in total. The Hall–Kier alpha value is -1.55. The van der Waals surface area contributed by atoms with E-state index in [-0.39, 0.29) is 11.9 Å². The summed E-state index contributed by atoms with van der Waals surface area (Å²) in [5.74, 6) is 0.467. The van der Waals surface area contributed by atoms with Crippen molar-refractivity contribution in [2.45, 2.75) is 71.6 Å². The van der Waals surface area contributed by atoms with Crippen molar-refractivity contribution in [1.82, 2.24) is 5.32 Å². The van der Waals surface area contributed by atoms with Crippen molar-refractivity contribution in [3.05, 3.63) is 29.8 Å². The van der Waals surface area contributed by atoms with Crippen LogP contribution in [0.1, 0.15) is 58.4 Å². The van der Waals surface area contributed by atoms with Crippen molar-refractivity contribution in [3.8, 4) is 0 Å². The first-order valence-electron chi connectivity index (χ1n) is 9.28. The third kappa shape index (κ3) is 6.52. The monoisotopic (exact) mass is 332 g/mol. The van der Waals surface area contributed by atoms with Crippen LogP contribution < -0.4 is 10.6 Å². The molecule has 1 aliphatic rings. The van der Waals surface area contributed by atoms with E-state index in [1.54, 1.807) is 0 Å². The Bertz CT molecular complexity index is 510. The molecule has 2 N–H and O–H groups in total. The number of nitrogens with one attached hydrogen (secondary N) is 2. The summed E-state index contributed by atoms with van der Waals surface area (Å²) >= 11 is 0. The molecule has 0 aromatic heterocycles. The molecule has 0 spiro atoms. The maximum atomic E-state index is 12.0. The Morgan fingerprint density at radius 2 is 1.96 bits per heavy atom. The zero-order valence-electron chi connectivity index (χ0n) is 15.3. The molecule has 1 atom stereocenters. The molecule has 1 aliphatic carbocycles. The standard InChI is InChI=1S/C20H32N2O2/c1-15(2)16(3)22-20(23)13-21-18-9-7-8-17(12-18)14-24-19-10-5-4-6-11-19/h7-9,12,15-16,19,21H,4-6,10-11,13-14H2,1-3H3,(H,22,23). The van der Waals surface area contributed by atoms with Crippen molar-refractivity contribution < 1.29 is 9.53 Å². The molecule has 0 aliphatic heterocycles. The van der Waals surface area contributed by atoms with E-state index in [0.717, 1.165) is 11.3 Å². The summed E-state index contributed by atoms with van der Waals surface area (Å²) in [5, 5.41) is 6.21. The number of amides is 1. The lowest BCUT2D eigenvalue weighted by Gasteiger charge is -2.22. The summed E-state index contributed by atoms with van der Waals surface area (Å²) in [6.45, 7) is 7.19. The molecule has 1 saturated carbocycles. The van der Waals surface area contributed by atoms with Crippen LogP contribution >= 0.6 is 0 Å². The second kappa shape index (κ2) is 9.67. The topological polar surface area (TPSA) is 50.4 Å². The van der Waals surface area contributed by atoms with Gasteiger partial charge in [-0.05, 0) is 43.4 Å². The minimum absolute atomic E-state index is 0.0278. The van der Waals surface area contributed by atoms with Gasteiger partial charge in [0.2, 0.25) is 5.91 Å². The van der Waals surface area contributed by atoms with E-state index in [0.29, 0.717) is 25.2 Å². The number of rotatable bonds is 8. The number of hydrogen-bond acceptors (Lipinski definition) is 3. The average Bonchev–Trinajstić information content (AvgIpc) is 2.59. The molecule has 0 bridgehead atoms. The lowest BCUT2D eigenvalue weighted by molar-refractivity contribution is -0.120. The van der Waals surface area contributed by atoms with Gasteiger partial charge < -0.3 is 15.4 Å². The highest BCUT2D eigenvalue weighted by molar-refractivity contribution is 5.80. The summed E-state index contributed by atoms with van der Waals surface area (Å²) in [6.07, 6.45) is 6.71. The third-order valence-corrected chi connectivity index (χ3v) is 4.81. The SMILES string of the molecule is CC(C)C(C)NC(=O)CNc1cccc(COC2CCCCC2)c1. The fourth-order valence-electron chi connectivity index (χ4n) is 2.87. The van der Waals surface area contributed by atoms with E-state index < -0.39 is 0 Å². The highest BCUT2D eigenvalue weighted by Crippen LogP contribution is 2.22. The van der Waals surface area contributed by atoms with Crippen molar-refractivity contribution in [2.24, 2.45) is 5.92 Å². The molecule has 24 heavy (non-hydrogen) atoms. The van der Waals surface area contributed by atoms with Crippen LogP contribution in [-0.2, 0) is 16.1 Å². The maximum Gasteiger partial charge on any atom is 0.239 e. The fraction of sp³-hybridized carbons (Fsp3) is 0.650. The average molecular weight is 332 g/mol. The Balaban J connectivity index is 1.76. The second-order valence-corrected chi connectivity index (χ2v) is 7.23. The lowest BCUT2D eigenvalue weighted by Crippen LogP contribution is -2.39. The van der Waals surface area contributed by atoms with Crippen LogP contribution in [0.5, 0.6) is 0 Å². The van der Waals surface area contributed by atoms with Crippen LogP contribution in [0.25, 0.3) is 0 Å². The molecule has 0 radical (unpaired) electrons. The molecule has 1 aromatic carbocycles. The first kappa shape index (κ1) is 18.8. The second-order valence-electron chi connectivity index (χ2n) is 7.23. The van der Waals surface area contributed by atoms with Crippen LogP contribution in [0, 0.1) is 5.92 Å². The highest BCUT2D eigenvalue weighted by atomic mass is 16.5. The van der Waals surface area contributed by atoms with Crippen molar-refractivity contribution in [3.63, 3.8) is 0 Å². The quantitative estimate of drug-likeness (QED) is 0.753. The van der Waals surface area contributed by atoms with E-state index in [4.69, 9.17) is 4.74 Å². The van der Waals surface area contributed by atoms with Crippen LogP contribution in [0.15, 0.2) is 24.3 Å². The van der Waals surface area contributed by atoms with Crippen LogP contribution in [0.3, 0.4) is 0 Å². The fourth-order valence-corrected chi connectivity index (χ4v) is 2.87. The molecule has 134 valence electrons. The summed E-state index contributed by atoms with van der Waals surface area (Å²) in [6, 6.07) is 8.34. The Kier molecular flexibility index (Phi) is 7.57. The molecule has 0 heterocycles. The van der Waals surface area contributed by atoms with Gasteiger partial charge in [0.1, 0.15) is 0 Å². The van der Waals surface area contributed by atoms with E-state index in [9.17, 15) is 4.79 Å². The molecular formula is C20H32N2O2. The first-order valence-corrected chi connectivity index (χ1v) is 9.28. The molecule has 1 amide bonds. The van der Waals surface area contributed by atoms with E-state index in [1.165, 1.54) is 32.1 Å². The van der Waals surface area contributed by atoms with Crippen LogP contribution in [-0.4, -0.2) is 24.6 Å². The van der Waals surface area contributed by atoms with Gasteiger partial charge in [-0.15, -0.1) is 0 Å². The summed E-state index contributed by atoms with van der Waals surface area (Å²) in [7, 11) is 0. The molecular weight excluding hydrogens is 300 g/mol. The molecule has 0 saturated heterocycles. The molecule has 1 aromatic rings. The van der Waals surface area contributed by atoms with Gasteiger partial charge in [0.05, 0.1) is 19.3 Å².